The summed E-state index contributed by atoms with van der Waals surface area (Å²) in [6.45, 7) is 6.76. The maximum absolute atomic E-state index is 12.7. The van der Waals surface area contributed by atoms with Crippen molar-refractivity contribution in [3.05, 3.63) is 89.0 Å². The Bertz CT molecular complexity index is 1270. The van der Waals surface area contributed by atoms with Crippen LogP contribution in [0.3, 0.4) is 0 Å². The first-order valence-electron chi connectivity index (χ1n) is 12.6. The quantitative estimate of drug-likeness (QED) is 0.452. The van der Waals surface area contributed by atoms with Crippen LogP contribution in [0, 0.1) is 19.8 Å². The molecule has 37 heavy (non-hydrogen) atoms. The van der Waals surface area contributed by atoms with E-state index in [2.05, 4.69) is 29.7 Å². The Labute approximate surface area is 217 Å². The van der Waals surface area contributed by atoms with E-state index in [0.29, 0.717) is 24.5 Å². The monoisotopic (exact) mass is 499 g/mol. The SMILES string of the molecule is CCc1ccc(CNC(=O)[C@@H]2CC(=O)N(c3ccc(OCC(=O)Nc4ccc(C)c(C)c4)cc3)C2)cc1. The number of hydrogen-bond acceptors (Lipinski definition) is 4. The summed E-state index contributed by atoms with van der Waals surface area (Å²) in [5.74, 6) is -0.335. The summed E-state index contributed by atoms with van der Waals surface area (Å²) in [6.07, 6.45) is 1.15. The minimum absolute atomic E-state index is 0.0890. The van der Waals surface area contributed by atoms with Crippen LogP contribution in [0.25, 0.3) is 0 Å². The van der Waals surface area contributed by atoms with Crippen molar-refractivity contribution in [2.45, 2.75) is 40.2 Å². The van der Waals surface area contributed by atoms with E-state index in [1.807, 2.05) is 44.2 Å². The highest BCUT2D eigenvalue weighted by molar-refractivity contribution is 6.00. The molecule has 0 unspecified atom stereocenters. The zero-order chi connectivity index (χ0) is 26.4. The van der Waals surface area contributed by atoms with Gasteiger partial charge in [-0.1, -0.05) is 37.3 Å². The van der Waals surface area contributed by atoms with Gasteiger partial charge in [0.05, 0.1) is 5.92 Å². The van der Waals surface area contributed by atoms with E-state index in [0.717, 1.165) is 28.8 Å². The Morgan fingerprint density at radius 3 is 2.32 bits per heavy atom. The van der Waals surface area contributed by atoms with Gasteiger partial charge in [0.25, 0.3) is 5.91 Å². The fourth-order valence-corrected chi connectivity index (χ4v) is 4.25. The van der Waals surface area contributed by atoms with Crippen LogP contribution in [-0.2, 0) is 27.3 Å². The molecule has 2 N–H and O–H groups in total. The van der Waals surface area contributed by atoms with Gasteiger partial charge in [0, 0.05) is 30.9 Å². The molecule has 3 aromatic carbocycles. The second kappa shape index (κ2) is 11.7. The molecular formula is C30H33N3O4. The van der Waals surface area contributed by atoms with Crippen molar-refractivity contribution in [3.63, 3.8) is 0 Å². The van der Waals surface area contributed by atoms with Gasteiger partial charge < -0.3 is 20.3 Å². The molecule has 1 saturated heterocycles. The van der Waals surface area contributed by atoms with Crippen LogP contribution in [0.15, 0.2) is 66.7 Å². The number of amides is 3. The van der Waals surface area contributed by atoms with Gasteiger partial charge in [-0.05, 0) is 78.9 Å². The topological polar surface area (TPSA) is 87.7 Å². The first kappa shape index (κ1) is 25.9. The van der Waals surface area contributed by atoms with Gasteiger partial charge in [0.15, 0.2) is 6.61 Å². The van der Waals surface area contributed by atoms with E-state index in [9.17, 15) is 14.4 Å². The van der Waals surface area contributed by atoms with Gasteiger partial charge in [0.2, 0.25) is 11.8 Å². The van der Waals surface area contributed by atoms with Crippen LogP contribution >= 0.6 is 0 Å². The number of carbonyl (C=O) groups excluding carboxylic acids is 3. The van der Waals surface area contributed by atoms with Crippen molar-refractivity contribution >= 4 is 29.1 Å². The van der Waals surface area contributed by atoms with Gasteiger partial charge in [0.1, 0.15) is 5.75 Å². The Morgan fingerprint density at radius 2 is 1.65 bits per heavy atom. The first-order valence-corrected chi connectivity index (χ1v) is 12.6. The van der Waals surface area contributed by atoms with E-state index in [4.69, 9.17) is 4.74 Å². The molecular weight excluding hydrogens is 466 g/mol. The smallest absolute Gasteiger partial charge is 0.262 e. The molecule has 7 heteroatoms. The van der Waals surface area contributed by atoms with Crippen molar-refractivity contribution in [1.29, 1.82) is 0 Å². The number of aryl methyl sites for hydroxylation is 3. The average molecular weight is 500 g/mol. The average Bonchev–Trinajstić information content (AvgIpc) is 3.30. The lowest BCUT2D eigenvalue weighted by molar-refractivity contribution is -0.126. The number of benzene rings is 3. The minimum atomic E-state index is -0.396. The van der Waals surface area contributed by atoms with Crippen molar-refractivity contribution in [1.82, 2.24) is 5.32 Å². The van der Waals surface area contributed by atoms with Gasteiger partial charge in [-0.15, -0.1) is 0 Å². The molecule has 1 aliphatic heterocycles. The lowest BCUT2D eigenvalue weighted by atomic mass is 10.1. The lowest BCUT2D eigenvalue weighted by Gasteiger charge is -2.17. The standard InChI is InChI=1S/C30H33N3O4/c1-4-22-6-8-23(9-7-22)17-31-30(36)24-16-29(35)33(18-24)26-11-13-27(14-12-26)37-19-28(34)32-25-10-5-20(2)21(3)15-25/h5-15,24H,4,16-19H2,1-3H3,(H,31,36)(H,32,34)/t24-/m1/s1. The molecule has 1 aliphatic rings. The molecule has 0 aromatic heterocycles. The zero-order valence-electron chi connectivity index (χ0n) is 21.5. The molecule has 0 aliphatic carbocycles. The molecule has 4 rings (SSSR count). The lowest BCUT2D eigenvalue weighted by Crippen LogP contribution is -2.32. The third-order valence-electron chi connectivity index (χ3n) is 6.70. The Kier molecular flexibility index (Phi) is 8.23. The first-order chi connectivity index (χ1) is 17.8. The summed E-state index contributed by atoms with van der Waals surface area (Å²) in [4.78, 5) is 39.2. The number of ether oxygens (including phenoxy) is 1. The third-order valence-corrected chi connectivity index (χ3v) is 6.70. The highest BCUT2D eigenvalue weighted by Crippen LogP contribution is 2.27. The molecule has 1 heterocycles. The Hall–Kier alpha value is -4.13. The molecule has 0 radical (unpaired) electrons. The molecule has 0 saturated carbocycles. The van der Waals surface area contributed by atoms with Crippen molar-refractivity contribution in [3.8, 4) is 5.75 Å². The minimum Gasteiger partial charge on any atom is -0.484 e. The number of nitrogens with one attached hydrogen (secondary N) is 2. The van der Waals surface area contributed by atoms with Crippen LogP contribution in [0.1, 0.15) is 35.6 Å². The fraction of sp³-hybridized carbons (Fsp3) is 0.300. The summed E-state index contributed by atoms with van der Waals surface area (Å²) in [6, 6.07) is 20.9. The number of rotatable bonds is 9. The fourth-order valence-electron chi connectivity index (χ4n) is 4.25. The van der Waals surface area contributed by atoms with E-state index in [-0.39, 0.29) is 30.7 Å². The summed E-state index contributed by atoms with van der Waals surface area (Å²) in [7, 11) is 0. The van der Waals surface area contributed by atoms with Crippen molar-refractivity contribution < 1.29 is 19.1 Å². The van der Waals surface area contributed by atoms with E-state index >= 15 is 0 Å². The summed E-state index contributed by atoms with van der Waals surface area (Å²) in [5, 5.41) is 5.78. The van der Waals surface area contributed by atoms with Crippen LogP contribution in [0.4, 0.5) is 11.4 Å². The van der Waals surface area contributed by atoms with Gasteiger partial charge in [-0.25, -0.2) is 0 Å². The number of hydrogen-bond donors (Lipinski definition) is 2. The van der Waals surface area contributed by atoms with Gasteiger partial charge >= 0.3 is 0 Å². The zero-order valence-corrected chi connectivity index (χ0v) is 21.5. The summed E-state index contributed by atoms with van der Waals surface area (Å²) < 4.78 is 5.61. The van der Waals surface area contributed by atoms with Crippen molar-refractivity contribution in [2.75, 3.05) is 23.4 Å². The van der Waals surface area contributed by atoms with E-state index in [1.165, 1.54) is 5.56 Å². The highest BCUT2D eigenvalue weighted by atomic mass is 16.5. The third kappa shape index (κ3) is 6.76. The van der Waals surface area contributed by atoms with Crippen LogP contribution in [-0.4, -0.2) is 30.9 Å². The Morgan fingerprint density at radius 1 is 0.946 bits per heavy atom. The molecule has 7 nitrogen and oxygen atoms in total. The predicted octanol–water partition coefficient (Wildman–Crippen LogP) is 4.55. The highest BCUT2D eigenvalue weighted by Gasteiger charge is 2.35. The molecule has 0 bridgehead atoms. The maximum atomic E-state index is 12.7. The normalized spacial score (nSPS) is 14.9. The number of anilines is 2. The van der Waals surface area contributed by atoms with Crippen LogP contribution in [0.2, 0.25) is 0 Å². The number of nitrogens with zero attached hydrogens (tertiary/aromatic N) is 1. The number of carbonyl (C=O) groups is 3. The van der Waals surface area contributed by atoms with Crippen LogP contribution < -0.4 is 20.3 Å². The maximum Gasteiger partial charge on any atom is 0.262 e. The molecule has 3 aromatic rings. The molecule has 1 atom stereocenters. The molecule has 192 valence electrons. The molecule has 3 amide bonds. The summed E-state index contributed by atoms with van der Waals surface area (Å²) >= 11 is 0. The predicted molar refractivity (Wildman–Crippen MR) is 145 cm³/mol. The molecule has 0 spiro atoms. The van der Waals surface area contributed by atoms with Gasteiger partial charge in [-0.3, -0.25) is 14.4 Å². The van der Waals surface area contributed by atoms with E-state index in [1.54, 1.807) is 29.2 Å². The second-order valence-corrected chi connectivity index (χ2v) is 9.42. The second-order valence-electron chi connectivity index (χ2n) is 9.42. The van der Waals surface area contributed by atoms with Crippen molar-refractivity contribution in [2.24, 2.45) is 5.92 Å². The van der Waals surface area contributed by atoms with Crippen LogP contribution in [0.5, 0.6) is 5.75 Å². The largest absolute Gasteiger partial charge is 0.484 e. The Balaban J connectivity index is 1.26. The summed E-state index contributed by atoms with van der Waals surface area (Å²) in [5.41, 5.74) is 5.98. The van der Waals surface area contributed by atoms with E-state index < -0.39 is 5.92 Å². The van der Waals surface area contributed by atoms with Gasteiger partial charge in [-0.2, -0.15) is 0 Å². The molecule has 1 fully saturated rings.